The molecule has 19 heavy (non-hydrogen) atoms. The number of hydrogen-bond donors (Lipinski definition) is 1. The number of nitrogens with two attached hydrogens (primary N) is 1. The molecule has 0 fully saturated rings. The molecular weight excluding hydrogens is 302 g/mol. The third-order valence-electron chi connectivity index (χ3n) is 3.17. The summed E-state index contributed by atoms with van der Waals surface area (Å²) in [6.45, 7) is 5.18. The lowest BCUT2D eigenvalue weighted by Crippen LogP contribution is -2.85. The summed E-state index contributed by atoms with van der Waals surface area (Å²) < 4.78 is 6.90. The summed E-state index contributed by atoms with van der Waals surface area (Å²) in [7, 11) is 0. The Kier molecular flexibility index (Phi) is 5.67. The van der Waals surface area contributed by atoms with Gasteiger partial charge in [0.15, 0.2) is 0 Å². The van der Waals surface area contributed by atoms with E-state index < -0.39 is 0 Å². The first-order valence-electron chi connectivity index (χ1n) is 6.94. The topological polar surface area (TPSA) is 25.8 Å². The Balaban J connectivity index is 1.92. The molecule has 0 atom stereocenters. The fraction of sp³-hybridized carbons (Fsp3) is 0.375. The number of hydrogen-bond acceptors (Lipinski definition) is 1. The van der Waals surface area contributed by atoms with Gasteiger partial charge in [0.1, 0.15) is 18.9 Å². The van der Waals surface area contributed by atoms with Gasteiger partial charge in [-0.2, -0.15) is 0 Å². The zero-order valence-corrected chi connectivity index (χ0v) is 12.9. The molecule has 102 valence electrons. The van der Waals surface area contributed by atoms with Gasteiger partial charge in [0, 0.05) is 0 Å². The predicted octanol–water partition coefficient (Wildman–Crippen LogP) is 3.34. The summed E-state index contributed by atoms with van der Waals surface area (Å²) in [6.07, 6.45) is 2.53. The van der Waals surface area contributed by atoms with E-state index in [9.17, 15) is 0 Å². The molecule has 2 N–H and O–H groups in total. The van der Waals surface area contributed by atoms with Gasteiger partial charge in [-0.3, -0.25) is 0 Å². The number of ether oxygens (including phenoxy) is 1. The molecule has 0 radical (unpaired) electrons. The second kappa shape index (κ2) is 7.51. The standard InChI is InChI=1S/C16H20BrNO/c1-2-3-10-18-11-12-19-15-9-8-13-6-4-5-7-14(13)16(15)17/h4-9,18H,2-3,10-12H2,1H3/p+1. The Morgan fingerprint density at radius 1 is 1.11 bits per heavy atom. The minimum Gasteiger partial charge on any atom is -0.487 e. The van der Waals surface area contributed by atoms with Crippen molar-refractivity contribution in [2.24, 2.45) is 0 Å². The molecule has 2 aromatic carbocycles. The van der Waals surface area contributed by atoms with Crippen LogP contribution in [0.2, 0.25) is 0 Å². The van der Waals surface area contributed by atoms with Crippen LogP contribution in [0.15, 0.2) is 40.9 Å². The van der Waals surface area contributed by atoms with Crippen LogP contribution >= 0.6 is 15.9 Å². The predicted molar refractivity (Wildman–Crippen MR) is 83.7 cm³/mol. The van der Waals surface area contributed by atoms with Crippen molar-refractivity contribution in [1.82, 2.24) is 0 Å². The number of unbranched alkanes of at least 4 members (excludes halogenated alkanes) is 1. The molecule has 0 amide bonds. The maximum absolute atomic E-state index is 5.85. The second-order valence-corrected chi connectivity index (χ2v) is 5.46. The number of halogens is 1. The molecule has 0 aliphatic carbocycles. The van der Waals surface area contributed by atoms with Gasteiger partial charge in [-0.1, -0.05) is 43.7 Å². The minimum atomic E-state index is 0.751. The molecule has 0 aliphatic rings. The molecule has 0 heterocycles. The molecule has 0 unspecified atom stereocenters. The van der Waals surface area contributed by atoms with E-state index >= 15 is 0 Å². The van der Waals surface area contributed by atoms with Gasteiger partial charge in [-0.25, -0.2) is 0 Å². The maximum atomic E-state index is 5.85. The van der Waals surface area contributed by atoms with Gasteiger partial charge in [0.05, 0.1) is 11.0 Å². The Bertz CT molecular complexity index is 527. The van der Waals surface area contributed by atoms with Crippen LogP contribution in [-0.2, 0) is 0 Å². The van der Waals surface area contributed by atoms with Gasteiger partial charge in [0.25, 0.3) is 0 Å². The van der Waals surface area contributed by atoms with E-state index in [4.69, 9.17) is 4.74 Å². The number of rotatable bonds is 7. The molecule has 3 heteroatoms. The van der Waals surface area contributed by atoms with Crippen LogP contribution in [0.4, 0.5) is 0 Å². The van der Waals surface area contributed by atoms with E-state index in [-0.39, 0.29) is 0 Å². The van der Waals surface area contributed by atoms with Crippen LogP contribution in [0.25, 0.3) is 10.8 Å². The summed E-state index contributed by atoms with van der Waals surface area (Å²) in [4.78, 5) is 0. The van der Waals surface area contributed by atoms with Gasteiger partial charge in [-0.05, 0) is 39.2 Å². The molecule has 0 saturated carbocycles. The van der Waals surface area contributed by atoms with Crippen LogP contribution < -0.4 is 10.1 Å². The summed E-state index contributed by atoms with van der Waals surface area (Å²) >= 11 is 3.64. The lowest BCUT2D eigenvalue weighted by Gasteiger charge is -2.09. The molecule has 2 nitrogen and oxygen atoms in total. The van der Waals surface area contributed by atoms with Crippen molar-refractivity contribution in [1.29, 1.82) is 0 Å². The van der Waals surface area contributed by atoms with Crippen LogP contribution in [0.3, 0.4) is 0 Å². The molecule has 0 aromatic heterocycles. The van der Waals surface area contributed by atoms with Crippen LogP contribution in [-0.4, -0.2) is 19.7 Å². The lowest BCUT2D eigenvalue weighted by atomic mass is 10.1. The van der Waals surface area contributed by atoms with Crippen molar-refractivity contribution in [3.05, 3.63) is 40.9 Å². The van der Waals surface area contributed by atoms with Crippen LogP contribution in [0.5, 0.6) is 5.75 Å². The van der Waals surface area contributed by atoms with Gasteiger partial charge < -0.3 is 10.1 Å². The quantitative estimate of drug-likeness (QED) is 0.777. The molecule has 0 aliphatic heterocycles. The third kappa shape index (κ3) is 3.95. The van der Waals surface area contributed by atoms with E-state index in [2.05, 4.69) is 58.5 Å². The molecule has 0 bridgehead atoms. The van der Waals surface area contributed by atoms with Gasteiger partial charge in [0.2, 0.25) is 0 Å². The molecule has 2 aromatic rings. The third-order valence-corrected chi connectivity index (χ3v) is 3.99. The van der Waals surface area contributed by atoms with E-state index in [0.29, 0.717) is 0 Å². The zero-order chi connectivity index (χ0) is 13.5. The average Bonchev–Trinajstić information content (AvgIpc) is 2.45. The van der Waals surface area contributed by atoms with Gasteiger partial charge >= 0.3 is 0 Å². The second-order valence-electron chi connectivity index (χ2n) is 4.67. The first kappa shape index (κ1) is 14.4. The monoisotopic (exact) mass is 322 g/mol. The van der Waals surface area contributed by atoms with E-state index in [1.165, 1.54) is 30.2 Å². The summed E-state index contributed by atoms with van der Waals surface area (Å²) in [5, 5.41) is 4.75. The van der Waals surface area contributed by atoms with Crippen molar-refractivity contribution in [2.75, 3.05) is 19.7 Å². The lowest BCUT2D eigenvalue weighted by molar-refractivity contribution is -0.655. The fourth-order valence-electron chi connectivity index (χ4n) is 2.07. The van der Waals surface area contributed by atoms with Crippen molar-refractivity contribution in [3.8, 4) is 5.75 Å². The highest BCUT2D eigenvalue weighted by molar-refractivity contribution is 9.10. The highest BCUT2D eigenvalue weighted by atomic mass is 79.9. The fourth-order valence-corrected chi connectivity index (χ4v) is 2.68. The highest BCUT2D eigenvalue weighted by Gasteiger charge is 2.05. The minimum absolute atomic E-state index is 0.751. The molecular formula is C16H21BrNO+. The largest absolute Gasteiger partial charge is 0.487 e. The molecule has 0 spiro atoms. The van der Waals surface area contributed by atoms with E-state index in [1.807, 2.05) is 6.07 Å². The maximum Gasteiger partial charge on any atom is 0.137 e. The van der Waals surface area contributed by atoms with E-state index in [0.717, 1.165) is 23.4 Å². The number of quaternary nitrogens is 1. The summed E-state index contributed by atoms with van der Waals surface area (Å²) in [6, 6.07) is 12.5. The van der Waals surface area contributed by atoms with Crippen molar-refractivity contribution < 1.29 is 10.1 Å². The number of benzene rings is 2. The van der Waals surface area contributed by atoms with Gasteiger partial charge in [-0.15, -0.1) is 0 Å². The zero-order valence-electron chi connectivity index (χ0n) is 11.4. The number of fused-ring (bicyclic) bond motifs is 1. The Hall–Kier alpha value is -1.06. The molecule has 2 rings (SSSR count). The highest BCUT2D eigenvalue weighted by Crippen LogP contribution is 2.32. The average molecular weight is 323 g/mol. The Morgan fingerprint density at radius 3 is 2.79 bits per heavy atom. The van der Waals surface area contributed by atoms with Crippen molar-refractivity contribution in [2.45, 2.75) is 19.8 Å². The van der Waals surface area contributed by atoms with Crippen molar-refractivity contribution >= 4 is 26.7 Å². The smallest absolute Gasteiger partial charge is 0.137 e. The normalized spacial score (nSPS) is 10.8. The summed E-state index contributed by atoms with van der Waals surface area (Å²) in [5.41, 5.74) is 0. The molecule has 0 saturated heterocycles. The SMILES string of the molecule is CCCC[NH2+]CCOc1ccc2ccccc2c1Br. The Labute approximate surface area is 123 Å². The van der Waals surface area contributed by atoms with E-state index in [1.54, 1.807) is 0 Å². The Morgan fingerprint density at radius 2 is 1.95 bits per heavy atom. The summed E-state index contributed by atoms with van der Waals surface area (Å²) in [5.74, 6) is 0.933. The van der Waals surface area contributed by atoms with Crippen molar-refractivity contribution in [3.63, 3.8) is 0 Å². The first-order chi connectivity index (χ1) is 9.33. The van der Waals surface area contributed by atoms with Crippen LogP contribution in [0, 0.1) is 0 Å². The van der Waals surface area contributed by atoms with Crippen LogP contribution in [0.1, 0.15) is 19.8 Å². The first-order valence-corrected chi connectivity index (χ1v) is 7.74.